The van der Waals surface area contributed by atoms with E-state index in [2.05, 4.69) is 62.8 Å². The number of hydrogen-bond acceptors (Lipinski definition) is 15. The van der Waals surface area contributed by atoms with Gasteiger partial charge in [-0.2, -0.15) is 0 Å². The van der Waals surface area contributed by atoms with Crippen molar-refractivity contribution in [1.82, 2.24) is 0 Å². The van der Waals surface area contributed by atoms with Crippen LogP contribution >= 0.6 is 0 Å². The first-order valence-electron chi connectivity index (χ1n) is 44.1. The number of rotatable bonds is 41. The molecule has 0 heterocycles. The lowest BCUT2D eigenvalue weighted by Gasteiger charge is -2.19. The first-order chi connectivity index (χ1) is 58.3. The Kier molecular flexibility index (Phi) is 36.6. The first kappa shape index (κ1) is 91.1. The van der Waals surface area contributed by atoms with E-state index in [1.807, 2.05) is 48.5 Å². The number of esters is 3. The molecule has 636 valence electrons. The third-order valence-electron chi connectivity index (χ3n) is 23.1. The third kappa shape index (κ3) is 29.4. The van der Waals surface area contributed by atoms with Crippen LogP contribution in [-0.4, -0.2) is 72.9 Å². The molecular weight excluding hydrogens is 1510 g/mol. The summed E-state index contributed by atoms with van der Waals surface area (Å²) in [5.74, 6) is 1.36. The number of ketones is 2. The van der Waals surface area contributed by atoms with Gasteiger partial charge in [0.15, 0.2) is 11.6 Å². The van der Waals surface area contributed by atoms with Crippen molar-refractivity contribution in [2.45, 2.75) is 228 Å². The Morgan fingerprint density at radius 3 is 0.758 bits per heavy atom. The molecule has 3 saturated carbocycles. The number of hydrogen-bond donors (Lipinski definition) is 4. The van der Waals surface area contributed by atoms with E-state index in [4.69, 9.17) is 28.4 Å². The second kappa shape index (κ2) is 48.1. The lowest BCUT2D eigenvalue weighted by atomic mass is 9.89. The van der Waals surface area contributed by atoms with E-state index in [-0.39, 0.29) is 93.5 Å². The van der Waals surface area contributed by atoms with Gasteiger partial charge in [-0.05, 0) is 244 Å². The van der Waals surface area contributed by atoms with Crippen molar-refractivity contribution < 1.29 is 71.6 Å². The van der Waals surface area contributed by atoms with Crippen LogP contribution in [0.3, 0.4) is 0 Å². The summed E-state index contributed by atoms with van der Waals surface area (Å²) in [6.07, 6.45) is 28.2. The van der Waals surface area contributed by atoms with Crippen LogP contribution in [0.1, 0.15) is 288 Å². The SMILES string of the molecule is CCCCC(CC)COc1ccc(CC(=O)c2cc(C(=O)Nc3ccc(OCC(CC)CCCC)cc3)cc(C(=O)Nc3ccc(OCC(CC)CCCC)cc3)c2)cc1.O=C(Cc1ccc(OC(=O)C2CCCCC2)cc1)c1cc(C(=O)Nc2ccc(OC(=O)C3CCCCC3)cc2)cc(C(=O)Nc2ccc(OC(=O)C3CCCCC3)cc2)c1. The minimum absolute atomic E-state index is 0.0366. The number of carbonyl (C=O) groups excluding carboxylic acids is 9. The van der Waals surface area contributed by atoms with Crippen LogP contribution in [0.15, 0.2) is 182 Å². The van der Waals surface area contributed by atoms with Crippen molar-refractivity contribution in [3.8, 4) is 34.5 Å². The number of carbonyl (C=O) groups is 9. The molecule has 4 amide bonds. The van der Waals surface area contributed by atoms with Crippen molar-refractivity contribution in [2.75, 3.05) is 41.1 Å². The Labute approximate surface area is 708 Å². The molecule has 3 fully saturated rings. The molecule has 3 unspecified atom stereocenters. The fraction of sp³-hybridized carbons (Fsp3) is 0.436. The summed E-state index contributed by atoms with van der Waals surface area (Å²) in [6.45, 7) is 15.2. The van der Waals surface area contributed by atoms with Gasteiger partial charge in [0, 0.05) is 69.0 Å². The van der Waals surface area contributed by atoms with Gasteiger partial charge in [-0.3, -0.25) is 43.2 Å². The molecule has 0 bridgehead atoms. The monoisotopic (exact) mass is 1630 g/mol. The van der Waals surface area contributed by atoms with Gasteiger partial charge < -0.3 is 49.7 Å². The number of anilines is 4. The van der Waals surface area contributed by atoms with Gasteiger partial charge in [0.1, 0.15) is 34.5 Å². The summed E-state index contributed by atoms with van der Waals surface area (Å²) in [5.41, 5.74) is 4.43. The molecule has 120 heavy (non-hydrogen) atoms. The molecule has 0 aliphatic heterocycles. The summed E-state index contributed by atoms with van der Waals surface area (Å²) in [6, 6.07) is 50.8. The lowest BCUT2D eigenvalue weighted by molar-refractivity contribution is -0.140. The van der Waals surface area contributed by atoms with E-state index < -0.39 is 23.6 Å². The second-order valence-electron chi connectivity index (χ2n) is 32.5. The fourth-order valence-electron chi connectivity index (χ4n) is 15.3. The van der Waals surface area contributed by atoms with Crippen molar-refractivity contribution in [2.24, 2.45) is 35.5 Å². The molecule has 8 aromatic carbocycles. The molecular formula is C101H122N4O15. The van der Waals surface area contributed by atoms with Gasteiger partial charge in [0.05, 0.1) is 37.6 Å². The summed E-state index contributed by atoms with van der Waals surface area (Å²) < 4.78 is 35.0. The van der Waals surface area contributed by atoms with Crippen LogP contribution < -0.4 is 49.7 Å². The highest BCUT2D eigenvalue weighted by atomic mass is 16.5. The van der Waals surface area contributed by atoms with Crippen LogP contribution in [-0.2, 0) is 27.2 Å². The molecule has 3 aliphatic carbocycles. The topological polar surface area (TPSA) is 257 Å². The van der Waals surface area contributed by atoms with Crippen molar-refractivity contribution in [3.63, 3.8) is 0 Å². The zero-order chi connectivity index (χ0) is 85.0. The average molecular weight is 1630 g/mol. The molecule has 19 heteroatoms. The average Bonchev–Trinajstić information content (AvgIpc) is 0.815. The molecule has 8 aromatic rings. The highest BCUT2D eigenvalue weighted by Gasteiger charge is 2.28. The van der Waals surface area contributed by atoms with E-state index in [9.17, 15) is 43.2 Å². The minimum Gasteiger partial charge on any atom is -0.493 e. The number of benzene rings is 8. The Morgan fingerprint density at radius 2 is 0.517 bits per heavy atom. The molecule has 19 nitrogen and oxygen atoms in total. The molecule has 4 N–H and O–H groups in total. The van der Waals surface area contributed by atoms with Gasteiger partial charge in [-0.1, -0.05) is 181 Å². The largest absolute Gasteiger partial charge is 0.493 e. The normalized spacial score (nSPS) is 14.4. The van der Waals surface area contributed by atoms with Crippen LogP contribution in [0, 0.1) is 35.5 Å². The number of ether oxygens (including phenoxy) is 6. The second-order valence-corrected chi connectivity index (χ2v) is 32.5. The van der Waals surface area contributed by atoms with E-state index in [0.717, 1.165) is 158 Å². The van der Waals surface area contributed by atoms with Gasteiger partial charge in [-0.15, -0.1) is 0 Å². The summed E-state index contributed by atoms with van der Waals surface area (Å²) in [5, 5.41) is 11.5. The predicted octanol–water partition coefficient (Wildman–Crippen LogP) is 23.5. The Bertz CT molecular complexity index is 4130. The Morgan fingerprint density at radius 1 is 0.292 bits per heavy atom. The van der Waals surface area contributed by atoms with Gasteiger partial charge >= 0.3 is 17.9 Å². The molecule has 3 aliphatic rings. The molecule has 0 saturated heterocycles. The Hall–Kier alpha value is -11.2. The highest BCUT2D eigenvalue weighted by Crippen LogP contribution is 2.32. The molecule has 11 rings (SSSR count). The third-order valence-corrected chi connectivity index (χ3v) is 23.1. The van der Waals surface area contributed by atoms with Gasteiger partial charge in [-0.25, -0.2) is 0 Å². The summed E-state index contributed by atoms with van der Waals surface area (Å²) in [4.78, 5) is 121. The Balaban J connectivity index is 0.000000252. The van der Waals surface area contributed by atoms with Crippen LogP contribution in [0.4, 0.5) is 22.7 Å². The molecule has 3 atom stereocenters. The van der Waals surface area contributed by atoms with E-state index in [1.165, 1.54) is 62.8 Å². The van der Waals surface area contributed by atoms with Gasteiger partial charge in [0.25, 0.3) is 23.6 Å². The number of unbranched alkanes of at least 4 members (excludes halogenated alkanes) is 3. The predicted molar refractivity (Wildman–Crippen MR) is 472 cm³/mol. The van der Waals surface area contributed by atoms with E-state index >= 15 is 0 Å². The highest BCUT2D eigenvalue weighted by molar-refractivity contribution is 6.13. The van der Waals surface area contributed by atoms with E-state index in [1.54, 1.807) is 109 Å². The van der Waals surface area contributed by atoms with Crippen LogP contribution in [0.5, 0.6) is 34.5 Å². The quantitative estimate of drug-likeness (QED) is 0.0158. The summed E-state index contributed by atoms with van der Waals surface area (Å²) >= 11 is 0. The standard InChI is InChI=1S/C52H70N2O6.C49H52N2O9/c1-7-13-16-38(10-4)35-58-47-25-19-41(20-26-47)31-50(55)42-32-43(51(56)53-45-21-27-48(28-22-45)59-36-39(11-5)17-14-8-2)34-44(33-42)52(57)54-46-23-29-49(30-24-46)60-37-40(12-6)18-15-9-3;52-44(28-32-16-22-41(23-17-32)58-47(55)33-10-4-1-5-11-33)36-29-37(45(53)50-39-18-24-42(25-19-39)59-48(56)34-12-6-2-7-13-34)31-38(30-36)46(54)51-40-20-26-43(27-21-40)60-49(57)35-14-8-3-9-15-35/h19-30,32-34,38-40H,7-18,31,35-37H2,1-6H3,(H,53,56)(H,54,57);16-27,29-31,33-35H,1-15,28H2,(H,50,53)(H,51,54). The first-order valence-corrected chi connectivity index (χ1v) is 44.1. The van der Waals surface area contributed by atoms with E-state index in [0.29, 0.717) is 83.1 Å². The minimum atomic E-state index is -0.557. The van der Waals surface area contributed by atoms with Crippen LogP contribution in [0.2, 0.25) is 0 Å². The number of nitrogens with one attached hydrogen (secondary N) is 4. The maximum absolute atomic E-state index is 13.9. The smallest absolute Gasteiger partial charge is 0.314 e. The van der Waals surface area contributed by atoms with Gasteiger partial charge in [0.2, 0.25) is 0 Å². The molecule has 0 spiro atoms. The zero-order valence-electron chi connectivity index (χ0n) is 71.0. The van der Waals surface area contributed by atoms with Crippen molar-refractivity contribution in [1.29, 1.82) is 0 Å². The molecule has 0 aromatic heterocycles. The fourth-order valence-corrected chi connectivity index (χ4v) is 15.3. The lowest BCUT2D eigenvalue weighted by Crippen LogP contribution is -2.22. The number of amides is 4. The summed E-state index contributed by atoms with van der Waals surface area (Å²) in [7, 11) is 0. The zero-order valence-corrected chi connectivity index (χ0v) is 71.0. The maximum atomic E-state index is 13.9. The van der Waals surface area contributed by atoms with Crippen LogP contribution in [0.25, 0.3) is 0 Å². The van der Waals surface area contributed by atoms with Crippen molar-refractivity contribution in [3.05, 3.63) is 226 Å². The number of Topliss-reactive ketones (excluding diaryl/α,β-unsaturated/α-hetero) is 2. The maximum Gasteiger partial charge on any atom is 0.314 e. The van der Waals surface area contributed by atoms with Crippen molar-refractivity contribution >= 4 is 75.9 Å². The molecule has 0 radical (unpaired) electrons.